The molecule has 1 aromatic heterocycles. The Hall–Kier alpha value is -1.30. The summed E-state index contributed by atoms with van der Waals surface area (Å²) < 4.78 is 0. The van der Waals surface area contributed by atoms with E-state index in [4.69, 9.17) is 10.8 Å². The van der Waals surface area contributed by atoms with Gasteiger partial charge in [0.05, 0.1) is 0 Å². The molecule has 0 atom stereocenters. The van der Waals surface area contributed by atoms with Crippen LogP contribution in [0.25, 0.3) is 0 Å². The van der Waals surface area contributed by atoms with Crippen molar-refractivity contribution in [2.45, 2.75) is 12.8 Å². The fraction of sp³-hybridized carbons (Fsp3) is 0.667. The summed E-state index contributed by atoms with van der Waals surface area (Å²) in [6.07, 6.45) is 1.68. The molecule has 6 heteroatoms. The second-order valence-electron chi connectivity index (χ2n) is 2.40. The first-order valence-corrected chi connectivity index (χ1v) is 3.85. The fourth-order valence-electron chi connectivity index (χ4n) is 0.790. The third-order valence-electron chi connectivity index (χ3n) is 1.37. The first kappa shape index (κ1) is 8.79. The lowest BCUT2D eigenvalue weighted by Crippen LogP contribution is -2.03. The number of aliphatic hydroxyl groups excluding tert-OH is 1. The average molecular weight is 171 g/mol. The van der Waals surface area contributed by atoms with E-state index in [1.165, 1.54) is 0 Å². The lowest BCUT2D eigenvalue weighted by molar-refractivity contribution is 0.286. The molecular weight excluding hydrogens is 158 g/mol. The van der Waals surface area contributed by atoms with Crippen molar-refractivity contribution < 1.29 is 5.11 Å². The zero-order valence-electron chi connectivity index (χ0n) is 6.75. The van der Waals surface area contributed by atoms with Crippen LogP contribution in [0.2, 0.25) is 0 Å². The van der Waals surface area contributed by atoms with Crippen LogP contribution in [0.15, 0.2) is 0 Å². The van der Waals surface area contributed by atoms with E-state index < -0.39 is 0 Å². The Morgan fingerprint density at radius 3 is 2.92 bits per heavy atom. The van der Waals surface area contributed by atoms with Crippen LogP contribution >= 0.6 is 0 Å². The Morgan fingerprint density at radius 1 is 1.50 bits per heavy atom. The van der Waals surface area contributed by atoms with Crippen LogP contribution in [-0.4, -0.2) is 33.4 Å². The molecule has 0 unspecified atom stereocenters. The van der Waals surface area contributed by atoms with E-state index in [0.717, 1.165) is 19.4 Å². The molecule has 0 aromatic carbocycles. The molecule has 0 aliphatic carbocycles. The minimum Gasteiger partial charge on any atom is -0.396 e. The Labute approximate surface area is 70.2 Å². The molecular formula is C6H13N5O. The van der Waals surface area contributed by atoms with Crippen LogP contribution in [-0.2, 0) is 0 Å². The standard InChI is InChI=1S/C6H13N5O/c7-5-9-6(11-10-5)8-3-1-2-4-12/h12H,1-4H2,(H4,7,8,9,10,11). The van der Waals surface area contributed by atoms with Gasteiger partial charge in [-0.15, -0.1) is 5.10 Å². The van der Waals surface area contributed by atoms with Gasteiger partial charge in [0.15, 0.2) is 0 Å². The van der Waals surface area contributed by atoms with Crippen molar-refractivity contribution in [2.75, 3.05) is 24.2 Å². The highest BCUT2D eigenvalue weighted by atomic mass is 16.2. The summed E-state index contributed by atoms with van der Waals surface area (Å²) in [5.74, 6) is 0.810. The fourth-order valence-corrected chi connectivity index (χ4v) is 0.790. The maximum Gasteiger partial charge on any atom is 0.243 e. The van der Waals surface area contributed by atoms with Crippen LogP contribution in [0.5, 0.6) is 0 Å². The number of rotatable bonds is 5. The van der Waals surface area contributed by atoms with Gasteiger partial charge in [-0.25, -0.2) is 5.10 Å². The van der Waals surface area contributed by atoms with Crippen molar-refractivity contribution in [3.63, 3.8) is 0 Å². The van der Waals surface area contributed by atoms with Gasteiger partial charge in [-0.05, 0) is 12.8 Å². The number of nitrogens with two attached hydrogens (primary N) is 1. The first-order valence-electron chi connectivity index (χ1n) is 3.85. The number of aromatic amines is 1. The van der Waals surface area contributed by atoms with Crippen molar-refractivity contribution in [1.82, 2.24) is 15.2 Å². The van der Waals surface area contributed by atoms with E-state index in [2.05, 4.69) is 20.5 Å². The van der Waals surface area contributed by atoms with Crippen molar-refractivity contribution in [3.8, 4) is 0 Å². The van der Waals surface area contributed by atoms with Crippen LogP contribution in [0.1, 0.15) is 12.8 Å². The third kappa shape index (κ3) is 2.75. The minimum absolute atomic E-state index is 0.220. The Balaban J connectivity index is 2.15. The molecule has 0 amide bonds. The van der Waals surface area contributed by atoms with E-state index in [0.29, 0.717) is 11.9 Å². The van der Waals surface area contributed by atoms with Gasteiger partial charge in [0.25, 0.3) is 0 Å². The highest BCUT2D eigenvalue weighted by molar-refractivity contribution is 5.29. The highest BCUT2D eigenvalue weighted by Crippen LogP contribution is 1.98. The normalized spacial score (nSPS) is 10.1. The number of aromatic nitrogens is 3. The SMILES string of the molecule is Nc1nc(NCCCCO)n[nH]1. The van der Waals surface area contributed by atoms with Crippen molar-refractivity contribution in [3.05, 3.63) is 0 Å². The molecule has 12 heavy (non-hydrogen) atoms. The van der Waals surface area contributed by atoms with Crippen LogP contribution < -0.4 is 11.1 Å². The number of nitrogen functional groups attached to an aromatic ring is 1. The van der Waals surface area contributed by atoms with Crippen LogP contribution in [0, 0.1) is 0 Å². The summed E-state index contributed by atoms with van der Waals surface area (Å²) in [4.78, 5) is 3.85. The number of aliphatic hydroxyl groups is 1. The van der Waals surface area contributed by atoms with E-state index >= 15 is 0 Å². The molecule has 0 fully saturated rings. The Morgan fingerprint density at radius 2 is 2.33 bits per heavy atom. The first-order chi connectivity index (χ1) is 5.83. The predicted molar refractivity (Wildman–Crippen MR) is 45.6 cm³/mol. The van der Waals surface area contributed by atoms with Crippen molar-refractivity contribution in [2.24, 2.45) is 0 Å². The number of nitrogens with zero attached hydrogens (tertiary/aromatic N) is 2. The topological polar surface area (TPSA) is 99.8 Å². The molecule has 1 aromatic rings. The second-order valence-corrected chi connectivity index (χ2v) is 2.40. The van der Waals surface area contributed by atoms with Crippen molar-refractivity contribution >= 4 is 11.9 Å². The lowest BCUT2D eigenvalue weighted by Gasteiger charge is -1.98. The van der Waals surface area contributed by atoms with Gasteiger partial charge in [0.1, 0.15) is 0 Å². The number of unbranched alkanes of at least 4 members (excludes halogenated alkanes) is 1. The molecule has 0 spiro atoms. The van der Waals surface area contributed by atoms with Gasteiger partial charge in [-0.1, -0.05) is 0 Å². The number of H-pyrrole nitrogens is 1. The van der Waals surface area contributed by atoms with E-state index in [1.807, 2.05) is 0 Å². The minimum atomic E-state index is 0.220. The van der Waals surface area contributed by atoms with E-state index in [-0.39, 0.29) is 6.61 Å². The molecule has 0 saturated heterocycles. The van der Waals surface area contributed by atoms with Gasteiger partial charge < -0.3 is 16.2 Å². The second kappa shape index (κ2) is 4.55. The Kier molecular flexibility index (Phi) is 3.34. The summed E-state index contributed by atoms with van der Waals surface area (Å²) in [6, 6.07) is 0. The maximum absolute atomic E-state index is 8.48. The zero-order chi connectivity index (χ0) is 8.81. The van der Waals surface area contributed by atoms with Crippen LogP contribution in [0.4, 0.5) is 11.9 Å². The molecule has 5 N–H and O–H groups in total. The molecule has 0 aliphatic heterocycles. The zero-order valence-corrected chi connectivity index (χ0v) is 6.75. The highest BCUT2D eigenvalue weighted by Gasteiger charge is 1.96. The number of hydrogen-bond acceptors (Lipinski definition) is 5. The maximum atomic E-state index is 8.48. The number of anilines is 2. The molecule has 0 saturated carbocycles. The third-order valence-corrected chi connectivity index (χ3v) is 1.37. The quantitative estimate of drug-likeness (QED) is 0.450. The summed E-state index contributed by atoms with van der Waals surface area (Å²) in [7, 11) is 0. The predicted octanol–water partition coefficient (Wildman–Crippen LogP) is -0.429. The van der Waals surface area contributed by atoms with E-state index in [9.17, 15) is 0 Å². The number of nitrogens with one attached hydrogen (secondary N) is 2. The summed E-state index contributed by atoms with van der Waals surface area (Å²) in [5, 5.41) is 17.7. The summed E-state index contributed by atoms with van der Waals surface area (Å²) in [5.41, 5.74) is 5.30. The van der Waals surface area contributed by atoms with E-state index in [1.54, 1.807) is 0 Å². The Bertz CT molecular complexity index is 223. The largest absolute Gasteiger partial charge is 0.396 e. The van der Waals surface area contributed by atoms with Crippen molar-refractivity contribution in [1.29, 1.82) is 0 Å². The van der Waals surface area contributed by atoms with Gasteiger partial charge in [0.2, 0.25) is 11.9 Å². The molecule has 0 radical (unpaired) electrons. The molecule has 1 heterocycles. The molecule has 68 valence electrons. The summed E-state index contributed by atoms with van der Waals surface area (Å²) in [6.45, 7) is 0.968. The summed E-state index contributed by atoms with van der Waals surface area (Å²) >= 11 is 0. The monoisotopic (exact) mass is 171 g/mol. The smallest absolute Gasteiger partial charge is 0.243 e. The molecule has 0 bridgehead atoms. The molecule has 6 nitrogen and oxygen atoms in total. The van der Waals surface area contributed by atoms with Crippen LogP contribution in [0.3, 0.4) is 0 Å². The molecule has 1 rings (SSSR count). The van der Waals surface area contributed by atoms with Gasteiger partial charge in [-0.2, -0.15) is 4.98 Å². The lowest BCUT2D eigenvalue weighted by atomic mass is 10.3. The average Bonchev–Trinajstić information content (AvgIpc) is 2.45. The number of hydrogen-bond donors (Lipinski definition) is 4. The van der Waals surface area contributed by atoms with Gasteiger partial charge >= 0.3 is 0 Å². The van der Waals surface area contributed by atoms with Gasteiger partial charge in [-0.3, -0.25) is 0 Å². The molecule has 0 aliphatic rings. The van der Waals surface area contributed by atoms with Gasteiger partial charge in [0, 0.05) is 13.2 Å².